The van der Waals surface area contributed by atoms with E-state index in [0.29, 0.717) is 12.0 Å². The quantitative estimate of drug-likeness (QED) is 0.767. The molecular formula is C14H20FN. The first-order valence-electron chi connectivity index (χ1n) is 6.08. The molecule has 2 heteroatoms. The molecule has 2 unspecified atom stereocenters. The van der Waals surface area contributed by atoms with Crippen LogP contribution in [0.5, 0.6) is 0 Å². The Kier molecular flexibility index (Phi) is 3.29. The van der Waals surface area contributed by atoms with E-state index in [0.717, 1.165) is 36.1 Å². The van der Waals surface area contributed by atoms with Gasteiger partial charge >= 0.3 is 0 Å². The van der Waals surface area contributed by atoms with Gasteiger partial charge in [-0.05, 0) is 62.3 Å². The smallest absolute Gasteiger partial charge is 0.127 e. The molecule has 2 rings (SSSR count). The van der Waals surface area contributed by atoms with E-state index >= 15 is 0 Å². The Bertz CT molecular complexity index is 355. The summed E-state index contributed by atoms with van der Waals surface area (Å²) in [4.78, 5) is 0. The Morgan fingerprint density at radius 2 is 2.00 bits per heavy atom. The molecule has 0 amide bonds. The van der Waals surface area contributed by atoms with Gasteiger partial charge in [-0.15, -0.1) is 0 Å². The third-order valence-corrected chi connectivity index (χ3v) is 3.55. The Hall–Kier alpha value is -0.890. The lowest BCUT2D eigenvalue weighted by Crippen LogP contribution is -2.36. The lowest BCUT2D eigenvalue weighted by molar-refractivity contribution is 0.377. The van der Waals surface area contributed by atoms with Gasteiger partial charge in [0.2, 0.25) is 0 Å². The summed E-state index contributed by atoms with van der Waals surface area (Å²) in [5, 5.41) is 3.43. The van der Waals surface area contributed by atoms with E-state index in [4.69, 9.17) is 0 Å². The lowest BCUT2D eigenvalue weighted by atomic mass is 9.86. The van der Waals surface area contributed by atoms with Gasteiger partial charge in [0.05, 0.1) is 0 Å². The summed E-state index contributed by atoms with van der Waals surface area (Å²) < 4.78 is 14.0. The van der Waals surface area contributed by atoms with Crippen LogP contribution in [0, 0.1) is 19.7 Å². The molecule has 1 saturated heterocycles. The summed E-state index contributed by atoms with van der Waals surface area (Å²) in [5.74, 6) is 0.315. The highest BCUT2D eigenvalue weighted by Gasteiger charge is 2.23. The normalized spacial score (nSPS) is 25.8. The van der Waals surface area contributed by atoms with E-state index in [-0.39, 0.29) is 5.82 Å². The maximum absolute atomic E-state index is 14.0. The molecule has 0 radical (unpaired) electrons. The Labute approximate surface area is 97.1 Å². The molecule has 1 aliphatic heterocycles. The van der Waals surface area contributed by atoms with Crippen molar-refractivity contribution in [3.63, 3.8) is 0 Å². The van der Waals surface area contributed by atoms with Gasteiger partial charge in [0, 0.05) is 12.6 Å². The summed E-state index contributed by atoms with van der Waals surface area (Å²) in [7, 11) is 0. The molecular weight excluding hydrogens is 201 g/mol. The molecule has 2 atom stereocenters. The lowest BCUT2D eigenvalue weighted by Gasteiger charge is -2.29. The highest BCUT2D eigenvalue weighted by Crippen LogP contribution is 2.30. The Morgan fingerprint density at radius 3 is 2.56 bits per heavy atom. The summed E-state index contributed by atoms with van der Waals surface area (Å²) in [6, 6.07) is 4.31. The van der Waals surface area contributed by atoms with E-state index in [9.17, 15) is 4.39 Å². The second kappa shape index (κ2) is 4.54. The van der Waals surface area contributed by atoms with Crippen LogP contribution in [0.2, 0.25) is 0 Å². The van der Waals surface area contributed by atoms with Crippen LogP contribution in [0.3, 0.4) is 0 Å². The van der Waals surface area contributed by atoms with Crippen molar-refractivity contribution in [2.45, 2.75) is 45.6 Å². The molecule has 1 aromatic rings. The first-order valence-corrected chi connectivity index (χ1v) is 6.08. The fraction of sp³-hybridized carbons (Fsp3) is 0.571. The SMILES string of the molecule is Cc1cc(C)c(C2CCC(C)NC2)c(F)c1. The van der Waals surface area contributed by atoms with Crippen LogP contribution in [0.4, 0.5) is 4.39 Å². The molecule has 0 spiro atoms. The molecule has 1 N–H and O–H groups in total. The van der Waals surface area contributed by atoms with Gasteiger partial charge in [-0.3, -0.25) is 0 Å². The van der Waals surface area contributed by atoms with E-state index in [1.54, 1.807) is 6.07 Å². The van der Waals surface area contributed by atoms with Crippen LogP contribution in [-0.4, -0.2) is 12.6 Å². The molecule has 0 aromatic heterocycles. The molecule has 1 aromatic carbocycles. The molecule has 1 aliphatic rings. The summed E-state index contributed by atoms with van der Waals surface area (Å²) in [6.45, 7) is 7.06. The van der Waals surface area contributed by atoms with Crippen LogP contribution >= 0.6 is 0 Å². The molecule has 16 heavy (non-hydrogen) atoms. The van der Waals surface area contributed by atoms with Crippen molar-refractivity contribution in [1.29, 1.82) is 0 Å². The van der Waals surface area contributed by atoms with Crippen molar-refractivity contribution in [2.75, 3.05) is 6.54 Å². The van der Waals surface area contributed by atoms with Crippen LogP contribution in [0.1, 0.15) is 42.4 Å². The minimum Gasteiger partial charge on any atom is -0.314 e. The highest BCUT2D eigenvalue weighted by atomic mass is 19.1. The van der Waals surface area contributed by atoms with Gasteiger partial charge < -0.3 is 5.32 Å². The summed E-state index contributed by atoms with van der Waals surface area (Å²) in [5.41, 5.74) is 3.03. The summed E-state index contributed by atoms with van der Waals surface area (Å²) in [6.07, 6.45) is 2.23. The number of rotatable bonds is 1. The van der Waals surface area contributed by atoms with Gasteiger partial charge in [-0.2, -0.15) is 0 Å². The van der Waals surface area contributed by atoms with E-state index in [1.165, 1.54) is 0 Å². The van der Waals surface area contributed by atoms with Gasteiger partial charge in [0.15, 0.2) is 0 Å². The van der Waals surface area contributed by atoms with Gasteiger partial charge in [-0.1, -0.05) is 6.07 Å². The topological polar surface area (TPSA) is 12.0 Å². The van der Waals surface area contributed by atoms with Crippen LogP contribution in [0.25, 0.3) is 0 Å². The maximum Gasteiger partial charge on any atom is 0.127 e. The number of piperidine rings is 1. The monoisotopic (exact) mass is 221 g/mol. The van der Waals surface area contributed by atoms with Crippen molar-refractivity contribution < 1.29 is 4.39 Å². The number of hydrogen-bond donors (Lipinski definition) is 1. The molecule has 1 heterocycles. The summed E-state index contributed by atoms with van der Waals surface area (Å²) >= 11 is 0. The number of aryl methyl sites for hydroxylation is 2. The van der Waals surface area contributed by atoms with E-state index in [2.05, 4.69) is 18.3 Å². The Balaban J connectivity index is 2.26. The van der Waals surface area contributed by atoms with Crippen LogP contribution in [0.15, 0.2) is 12.1 Å². The van der Waals surface area contributed by atoms with Crippen molar-refractivity contribution in [2.24, 2.45) is 0 Å². The third kappa shape index (κ3) is 2.27. The predicted octanol–water partition coefficient (Wildman–Crippen LogP) is 3.30. The third-order valence-electron chi connectivity index (χ3n) is 3.55. The first-order chi connectivity index (χ1) is 7.58. The fourth-order valence-electron chi connectivity index (χ4n) is 2.69. The molecule has 0 bridgehead atoms. The zero-order valence-electron chi connectivity index (χ0n) is 10.3. The fourth-order valence-corrected chi connectivity index (χ4v) is 2.69. The largest absolute Gasteiger partial charge is 0.314 e. The van der Waals surface area contributed by atoms with Gasteiger partial charge in [-0.25, -0.2) is 4.39 Å². The first kappa shape index (κ1) is 11.6. The number of benzene rings is 1. The second-order valence-electron chi connectivity index (χ2n) is 5.06. The molecule has 1 nitrogen and oxygen atoms in total. The van der Waals surface area contributed by atoms with E-state index in [1.807, 2.05) is 13.8 Å². The van der Waals surface area contributed by atoms with Crippen molar-refractivity contribution in [3.05, 3.63) is 34.6 Å². The molecule has 1 fully saturated rings. The standard InChI is InChI=1S/C14H20FN/c1-9-6-10(2)14(13(15)7-9)12-5-4-11(3)16-8-12/h6-7,11-12,16H,4-5,8H2,1-3H3. The average Bonchev–Trinajstić information content (AvgIpc) is 2.19. The minimum atomic E-state index is -0.0288. The predicted molar refractivity (Wildman–Crippen MR) is 65.3 cm³/mol. The van der Waals surface area contributed by atoms with Crippen LogP contribution in [-0.2, 0) is 0 Å². The maximum atomic E-state index is 14.0. The average molecular weight is 221 g/mol. The van der Waals surface area contributed by atoms with Crippen molar-refractivity contribution in [1.82, 2.24) is 5.32 Å². The highest BCUT2D eigenvalue weighted by molar-refractivity contribution is 5.35. The zero-order chi connectivity index (χ0) is 11.7. The number of halogens is 1. The van der Waals surface area contributed by atoms with Gasteiger partial charge in [0.1, 0.15) is 5.82 Å². The minimum absolute atomic E-state index is 0.0288. The molecule has 0 aliphatic carbocycles. The van der Waals surface area contributed by atoms with Gasteiger partial charge in [0.25, 0.3) is 0 Å². The van der Waals surface area contributed by atoms with E-state index < -0.39 is 0 Å². The number of nitrogens with one attached hydrogen (secondary N) is 1. The zero-order valence-corrected chi connectivity index (χ0v) is 10.3. The molecule has 0 saturated carbocycles. The van der Waals surface area contributed by atoms with Crippen molar-refractivity contribution >= 4 is 0 Å². The van der Waals surface area contributed by atoms with Crippen LogP contribution < -0.4 is 5.32 Å². The Morgan fingerprint density at radius 1 is 1.25 bits per heavy atom. The molecule has 88 valence electrons. The second-order valence-corrected chi connectivity index (χ2v) is 5.06. The van der Waals surface area contributed by atoms with Crippen molar-refractivity contribution in [3.8, 4) is 0 Å². The number of hydrogen-bond acceptors (Lipinski definition) is 1.